The van der Waals surface area contributed by atoms with Crippen molar-refractivity contribution in [2.75, 3.05) is 37.8 Å². The highest BCUT2D eigenvalue weighted by atomic mass is 16.5. The summed E-state index contributed by atoms with van der Waals surface area (Å²) in [7, 11) is 0. The quantitative estimate of drug-likeness (QED) is 0.639. The molecule has 0 atom stereocenters. The van der Waals surface area contributed by atoms with Crippen LogP contribution in [0.3, 0.4) is 0 Å². The monoisotopic (exact) mass is 413 g/mol. The molecular weight excluding hydrogens is 382 g/mol. The van der Waals surface area contributed by atoms with Gasteiger partial charge in [-0.3, -0.25) is 4.79 Å². The molecule has 1 aliphatic heterocycles. The summed E-state index contributed by atoms with van der Waals surface area (Å²) in [6.07, 6.45) is 4.26. The van der Waals surface area contributed by atoms with Gasteiger partial charge in [0.25, 0.3) is 5.91 Å². The maximum absolute atomic E-state index is 12.8. The Hall–Kier alpha value is -2.96. The van der Waals surface area contributed by atoms with Crippen LogP contribution >= 0.6 is 0 Å². The van der Waals surface area contributed by atoms with E-state index in [4.69, 9.17) is 14.2 Å². The molecule has 1 aliphatic rings. The number of nitrogens with one attached hydrogen (secondary N) is 1. The fourth-order valence-corrected chi connectivity index (χ4v) is 3.46. The van der Waals surface area contributed by atoms with Crippen molar-refractivity contribution in [3.05, 3.63) is 41.6 Å². The number of pyridine rings is 1. The Kier molecular flexibility index (Phi) is 7.76. The second-order valence-electron chi connectivity index (χ2n) is 7.00. The molecule has 0 bridgehead atoms. The minimum atomic E-state index is -0.205. The normalized spacial score (nSPS) is 13.2. The lowest BCUT2D eigenvalue weighted by Crippen LogP contribution is -2.23. The molecule has 0 saturated carbocycles. The Balaban J connectivity index is 1.70. The molecule has 1 aromatic carbocycles. The summed E-state index contributed by atoms with van der Waals surface area (Å²) in [5.41, 5.74) is 1.42. The summed E-state index contributed by atoms with van der Waals surface area (Å²) < 4.78 is 17.1. The number of anilines is 1. The fraction of sp³-hybridized carbons (Fsp3) is 0.478. The van der Waals surface area contributed by atoms with Crippen molar-refractivity contribution >= 4 is 11.7 Å². The number of hydrogen-bond donors (Lipinski definition) is 1. The number of carbonyl (C=O) groups is 1. The number of ether oxygens (including phenoxy) is 3. The maximum atomic E-state index is 12.8. The number of hydrogen-bond acceptors (Lipinski definition) is 6. The van der Waals surface area contributed by atoms with Crippen LogP contribution in [-0.2, 0) is 6.54 Å². The lowest BCUT2D eigenvalue weighted by molar-refractivity contribution is 0.0949. The predicted octanol–water partition coefficient (Wildman–Crippen LogP) is 3.81. The van der Waals surface area contributed by atoms with Gasteiger partial charge in [0.2, 0.25) is 5.75 Å². The van der Waals surface area contributed by atoms with Gasteiger partial charge in [-0.1, -0.05) is 6.07 Å². The Morgan fingerprint density at radius 3 is 2.17 bits per heavy atom. The largest absolute Gasteiger partial charge is 0.490 e. The summed E-state index contributed by atoms with van der Waals surface area (Å²) in [6, 6.07) is 7.42. The molecule has 0 spiro atoms. The fourth-order valence-electron chi connectivity index (χ4n) is 3.46. The van der Waals surface area contributed by atoms with Gasteiger partial charge >= 0.3 is 0 Å². The van der Waals surface area contributed by atoms with Crippen LogP contribution in [0, 0.1) is 0 Å². The zero-order valence-corrected chi connectivity index (χ0v) is 18.1. The summed E-state index contributed by atoms with van der Waals surface area (Å²) >= 11 is 0. The zero-order valence-electron chi connectivity index (χ0n) is 18.1. The maximum Gasteiger partial charge on any atom is 0.251 e. The topological polar surface area (TPSA) is 72.9 Å². The first-order valence-corrected chi connectivity index (χ1v) is 10.7. The summed E-state index contributed by atoms with van der Waals surface area (Å²) in [4.78, 5) is 19.6. The van der Waals surface area contributed by atoms with Crippen LogP contribution in [-0.4, -0.2) is 43.8 Å². The molecule has 1 aromatic heterocycles. The third-order valence-electron chi connectivity index (χ3n) is 4.86. The molecule has 30 heavy (non-hydrogen) atoms. The van der Waals surface area contributed by atoms with E-state index in [2.05, 4.69) is 15.2 Å². The molecule has 0 radical (unpaired) electrons. The summed E-state index contributed by atoms with van der Waals surface area (Å²) in [6.45, 7) is 9.60. The lowest BCUT2D eigenvalue weighted by Gasteiger charge is -2.17. The Morgan fingerprint density at radius 2 is 1.63 bits per heavy atom. The Morgan fingerprint density at radius 1 is 1.00 bits per heavy atom. The zero-order chi connectivity index (χ0) is 21.3. The highest BCUT2D eigenvalue weighted by Crippen LogP contribution is 2.39. The van der Waals surface area contributed by atoms with Gasteiger partial charge in [-0.2, -0.15) is 0 Å². The van der Waals surface area contributed by atoms with Crippen LogP contribution in [0.5, 0.6) is 17.2 Å². The smallest absolute Gasteiger partial charge is 0.251 e. The number of aromatic nitrogens is 1. The summed E-state index contributed by atoms with van der Waals surface area (Å²) in [5.74, 6) is 2.33. The van der Waals surface area contributed by atoms with E-state index in [0.29, 0.717) is 49.2 Å². The third-order valence-corrected chi connectivity index (χ3v) is 4.86. The molecule has 1 fully saturated rings. The Labute approximate surface area is 178 Å². The average molecular weight is 414 g/mol. The highest BCUT2D eigenvalue weighted by molar-refractivity contribution is 5.95. The van der Waals surface area contributed by atoms with Gasteiger partial charge in [-0.05, 0) is 57.4 Å². The molecule has 0 aliphatic carbocycles. The van der Waals surface area contributed by atoms with Gasteiger partial charge in [0.05, 0.1) is 19.8 Å². The minimum Gasteiger partial charge on any atom is -0.490 e. The van der Waals surface area contributed by atoms with Crippen molar-refractivity contribution in [2.45, 2.75) is 40.2 Å². The van der Waals surface area contributed by atoms with E-state index in [1.807, 2.05) is 39.1 Å². The third kappa shape index (κ3) is 5.34. The van der Waals surface area contributed by atoms with Crippen molar-refractivity contribution in [1.29, 1.82) is 0 Å². The minimum absolute atomic E-state index is 0.205. The molecule has 2 aromatic rings. The van der Waals surface area contributed by atoms with E-state index in [0.717, 1.165) is 24.5 Å². The molecule has 2 heterocycles. The SMILES string of the molecule is CCOc1cc(C(=O)NCc2ccc(N3CCCC3)nc2)cc(OCC)c1OCC. The Bertz CT molecular complexity index is 806. The molecule has 3 rings (SSSR count). The van der Waals surface area contributed by atoms with Crippen molar-refractivity contribution in [1.82, 2.24) is 10.3 Å². The van der Waals surface area contributed by atoms with Gasteiger partial charge in [0.1, 0.15) is 5.82 Å². The van der Waals surface area contributed by atoms with E-state index in [1.165, 1.54) is 12.8 Å². The number of amides is 1. The summed E-state index contributed by atoms with van der Waals surface area (Å²) in [5, 5.41) is 2.95. The second kappa shape index (κ2) is 10.7. The molecule has 0 unspecified atom stereocenters. The van der Waals surface area contributed by atoms with Gasteiger partial charge in [-0.25, -0.2) is 4.98 Å². The molecule has 1 saturated heterocycles. The van der Waals surface area contributed by atoms with Gasteiger partial charge < -0.3 is 24.4 Å². The van der Waals surface area contributed by atoms with E-state index in [-0.39, 0.29) is 5.91 Å². The first-order chi connectivity index (χ1) is 14.7. The van der Waals surface area contributed by atoms with Crippen LogP contribution in [0.2, 0.25) is 0 Å². The van der Waals surface area contributed by atoms with Gasteiger partial charge in [-0.15, -0.1) is 0 Å². The predicted molar refractivity (Wildman–Crippen MR) is 117 cm³/mol. The molecule has 7 nitrogen and oxygen atoms in total. The molecule has 162 valence electrons. The van der Waals surface area contributed by atoms with Crippen LogP contribution in [0.4, 0.5) is 5.82 Å². The number of nitrogens with zero attached hydrogens (tertiary/aromatic N) is 2. The molecule has 1 N–H and O–H groups in total. The van der Waals surface area contributed by atoms with Crippen molar-refractivity contribution in [2.24, 2.45) is 0 Å². The van der Waals surface area contributed by atoms with Crippen LogP contribution in [0.15, 0.2) is 30.5 Å². The first kappa shape index (κ1) is 21.7. The number of benzene rings is 1. The highest BCUT2D eigenvalue weighted by Gasteiger charge is 2.18. The first-order valence-electron chi connectivity index (χ1n) is 10.7. The van der Waals surface area contributed by atoms with E-state index in [1.54, 1.807) is 12.1 Å². The van der Waals surface area contributed by atoms with Crippen LogP contribution in [0.25, 0.3) is 0 Å². The van der Waals surface area contributed by atoms with E-state index in [9.17, 15) is 4.79 Å². The number of rotatable bonds is 10. The van der Waals surface area contributed by atoms with Crippen molar-refractivity contribution in [3.8, 4) is 17.2 Å². The van der Waals surface area contributed by atoms with Gasteiger partial charge in [0, 0.05) is 31.4 Å². The molecular formula is C23H31N3O4. The molecule has 1 amide bonds. The van der Waals surface area contributed by atoms with Crippen LogP contribution < -0.4 is 24.4 Å². The lowest BCUT2D eigenvalue weighted by atomic mass is 10.1. The van der Waals surface area contributed by atoms with Crippen molar-refractivity contribution < 1.29 is 19.0 Å². The molecule has 7 heteroatoms. The average Bonchev–Trinajstić information content (AvgIpc) is 3.30. The second-order valence-corrected chi connectivity index (χ2v) is 7.00. The van der Waals surface area contributed by atoms with Gasteiger partial charge in [0.15, 0.2) is 11.5 Å². The standard InChI is InChI=1S/C23H31N3O4/c1-4-28-19-13-18(14-20(29-5-2)22(19)30-6-3)23(27)25-16-17-9-10-21(24-15-17)26-11-7-8-12-26/h9-10,13-15H,4-8,11-12,16H2,1-3H3,(H,25,27). The van der Waals surface area contributed by atoms with E-state index < -0.39 is 0 Å². The van der Waals surface area contributed by atoms with Crippen LogP contribution in [0.1, 0.15) is 49.5 Å². The number of carbonyl (C=O) groups excluding carboxylic acids is 1. The van der Waals surface area contributed by atoms with Crippen molar-refractivity contribution in [3.63, 3.8) is 0 Å². The van der Waals surface area contributed by atoms with E-state index >= 15 is 0 Å².